The monoisotopic (exact) mass is 808 g/mol. The third kappa shape index (κ3) is 4.96. The van der Waals surface area contributed by atoms with E-state index in [4.69, 9.17) is 0 Å². The molecule has 2 aliphatic rings. The average molecular weight is 809 g/mol. The minimum absolute atomic E-state index is 0.0769. The number of anilines is 6. The van der Waals surface area contributed by atoms with E-state index in [2.05, 4.69) is 189 Å². The van der Waals surface area contributed by atoms with Gasteiger partial charge in [-0.2, -0.15) is 0 Å². The topological polar surface area (TPSA) is 6.48 Å². The van der Waals surface area contributed by atoms with Crippen molar-refractivity contribution in [2.24, 2.45) is 0 Å². The van der Waals surface area contributed by atoms with E-state index in [9.17, 15) is 0 Å². The van der Waals surface area contributed by atoms with E-state index in [-0.39, 0.29) is 13.4 Å². The van der Waals surface area contributed by atoms with Gasteiger partial charge in [-0.25, -0.2) is 0 Å². The van der Waals surface area contributed by atoms with Crippen LogP contribution in [-0.2, 0) is 0 Å². The first-order valence-electron chi connectivity index (χ1n) is 19.6. The molecule has 0 saturated carbocycles. The smallest absolute Gasteiger partial charge is 0.246 e. The third-order valence-corrected chi connectivity index (χ3v) is 15.8. The molecule has 8 heteroatoms. The van der Waals surface area contributed by atoms with E-state index in [1.54, 1.807) is 0 Å². The maximum Gasteiger partial charge on any atom is 0.246 e. The lowest BCUT2D eigenvalue weighted by atomic mass is 9.33. The molecule has 0 radical (unpaired) electrons. The Bertz CT molecular complexity index is 2990. The van der Waals surface area contributed by atoms with E-state index >= 15 is 0 Å². The molecular formula is C50H30B2N2S4. The van der Waals surface area contributed by atoms with Crippen molar-refractivity contribution in [3.8, 4) is 0 Å². The van der Waals surface area contributed by atoms with Gasteiger partial charge in [0, 0.05) is 52.9 Å². The zero-order chi connectivity index (χ0) is 37.9. The Morgan fingerprint density at radius 1 is 0.310 bits per heavy atom. The Morgan fingerprint density at radius 3 is 0.897 bits per heavy atom. The summed E-state index contributed by atoms with van der Waals surface area (Å²) in [7, 11) is 0. The van der Waals surface area contributed by atoms with Crippen LogP contribution in [0.5, 0.6) is 0 Å². The van der Waals surface area contributed by atoms with Gasteiger partial charge in [0.15, 0.2) is 0 Å². The molecule has 4 aromatic heterocycles. The van der Waals surface area contributed by atoms with Crippen molar-refractivity contribution in [1.82, 2.24) is 0 Å². The summed E-state index contributed by atoms with van der Waals surface area (Å²) in [6.45, 7) is 0.154. The molecule has 0 atom stereocenters. The molecule has 7 aromatic carbocycles. The fraction of sp³-hybridized carbons (Fsp3) is 0. The summed E-state index contributed by atoms with van der Waals surface area (Å²) < 4.78 is 5.30. The number of benzene rings is 7. The number of nitrogens with zero attached hydrogens (tertiary/aromatic N) is 2. The molecule has 2 aliphatic heterocycles. The van der Waals surface area contributed by atoms with E-state index in [1.807, 2.05) is 45.3 Å². The Labute approximate surface area is 352 Å². The highest BCUT2D eigenvalue weighted by molar-refractivity contribution is 7.18. The van der Waals surface area contributed by atoms with Crippen LogP contribution in [0.4, 0.5) is 34.1 Å². The highest BCUT2D eigenvalue weighted by Gasteiger charge is 2.39. The Morgan fingerprint density at radius 2 is 0.603 bits per heavy atom. The van der Waals surface area contributed by atoms with Gasteiger partial charge in [0.1, 0.15) is 0 Å². The summed E-state index contributed by atoms with van der Waals surface area (Å²) in [6.07, 6.45) is 0. The molecular weight excluding hydrogens is 778 g/mol. The number of hydrogen-bond donors (Lipinski definition) is 0. The lowest BCUT2D eigenvalue weighted by Crippen LogP contribution is -2.59. The molecule has 270 valence electrons. The van der Waals surface area contributed by atoms with Crippen molar-refractivity contribution in [2.45, 2.75) is 0 Å². The van der Waals surface area contributed by atoms with Crippen LogP contribution >= 0.6 is 45.3 Å². The molecule has 6 heterocycles. The summed E-state index contributed by atoms with van der Waals surface area (Å²) in [6, 6.07) is 60.1. The summed E-state index contributed by atoms with van der Waals surface area (Å²) in [5.41, 5.74) is 15.4. The van der Waals surface area contributed by atoms with Gasteiger partial charge in [0.2, 0.25) is 13.4 Å². The quantitative estimate of drug-likeness (QED) is 0.163. The lowest BCUT2D eigenvalue weighted by Gasteiger charge is -2.38. The fourth-order valence-corrected chi connectivity index (χ4v) is 12.9. The molecule has 0 unspecified atom stereocenters. The normalized spacial score (nSPS) is 13.4. The van der Waals surface area contributed by atoms with Gasteiger partial charge in [-0.3, -0.25) is 0 Å². The third-order valence-electron chi connectivity index (χ3n) is 12.2. The van der Waals surface area contributed by atoms with E-state index < -0.39 is 0 Å². The number of para-hydroxylation sites is 2. The van der Waals surface area contributed by atoms with Crippen LogP contribution in [0.1, 0.15) is 0 Å². The molecule has 0 N–H and O–H groups in total. The second kappa shape index (κ2) is 12.8. The van der Waals surface area contributed by atoms with Gasteiger partial charge in [-0.1, -0.05) is 71.6 Å². The first-order chi connectivity index (χ1) is 28.7. The van der Waals surface area contributed by atoms with Gasteiger partial charge >= 0.3 is 0 Å². The predicted molar refractivity (Wildman–Crippen MR) is 260 cm³/mol. The maximum absolute atomic E-state index is 2.49. The molecule has 2 nitrogen and oxygen atoms in total. The summed E-state index contributed by atoms with van der Waals surface area (Å²) in [4.78, 5) is 4.99. The average Bonchev–Trinajstić information content (AvgIpc) is 4.11. The standard InChI is InChI=1S/C50H30B2N2S4/c1-3-7-37(8-4-1)53-43-23-31-15-19-55-47(31)27-39(43)51(40-28-48-32(16-20-56-48)24-44(40)53)35-11-13-36(14-12-35)52-41-29-49-33(17-21-57-49)25-45(41)54(38-9-5-2-6-10-38)46-26-34-18-22-58-50(34)30-42(46)52/h1-30H. The van der Waals surface area contributed by atoms with E-state index in [1.165, 1.54) is 107 Å². The van der Waals surface area contributed by atoms with Crippen molar-refractivity contribution < 1.29 is 0 Å². The lowest BCUT2D eigenvalue weighted by molar-refractivity contribution is 1.30. The second-order valence-corrected chi connectivity index (χ2v) is 19.1. The van der Waals surface area contributed by atoms with Crippen LogP contribution in [0.25, 0.3) is 40.3 Å². The highest BCUT2D eigenvalue weighted by atomic mass is 32.1. The highest BCUT2D eigenvalue weighted by Crippen LogP contribution is 2.42. The molecule has 0 amide bonds. The van der Waals surface area contributed by atoms with E-state index in [0.717, 1.165) is 0 Å². The van der Waals surface area contributed by atoms with E-state index in [0.29, 0.717) is 0 Å². The Balaban J connectivity index is 1.02. The summed E-state index contributed by atoms with van der Waals surface area (Å²) >= 11 is 7.32. The van der Waals surface area contributed by atoms with Crippen molar-refractivity contribution >= 4 is 166 Å². The second-order valence-electron chi connectivity index (χ2n) is 15.4. The van der Waals surface area contributed by atoms with Crippen LogP contribution < -0.4 is 42.6 Å². The van der Waals surface area contributed by atoms with Gasteiger partial charge in [-0.05, 0) is 162 Å². The summed E-state index contributed by atoms with van der Waals surface area (Å²) in [5, 5.41) is 14.1. The van der Waals surface area contributed by atoms with Crippen LogP contribution in [0.3, 0.4) is 0 Å². The number of rotatable bonds is 4. The molecule has 58 heavy (non-hydrogen) atoms. The minimum Gasteiger partial charge on any atom is -0.311 e. The molecule has 0 aliphatic carbocycles. The summed E-state index contributed by atoms with van der Waals surface area (Å²) in [5.74, 6) is 0. The Hall–Kier alpha value is -5.89. The van der Waals surface area contributed by atoms with Crippen LogP contribution in [0.15, 0.2) is 179 Å². The van der Waals surface area contributed by atoms with Crippen molar-refractivity contribution in [3.05, 3.63) is 179 Å². The van der Waals surface area contributed by atoms with Crippen LogP contribution in [0, 0.1) is 0 Å². The minimum atomic E-state index is 0.0769. The number of fused-ring (bicyclic) bond motifs is 8. The first kappa shape index (κ1) is 33.1. The van der Waals surface area contributed by atoms with Gasteiger partial charge in [0.05, 0.1) is 0 Å². The largest absolute Gasteiger partial charge is 0.311 e. The number of thiophene rings is 4. The van der Waals surface area contributed by atoms with Crippen molar-refractivity contribution in [1.29, 1.82) is 0 Å². The number of hydrogen-bond acceptors (Lipinski definition) is 6. The van der Waals surface area contributed by atoms with Crippen LogP contribution in [-0.4, -0.2) is 13.4 Å². The zero-order valence-electron chi connectivity index (χ0n) is 31.0. The van der Waals surface area contributed by atoms with Gasteiger partial charge in [-0.15, -0.1) is 45.3 Å². The first-order valence-corrected chi connectivity index (χ1v) is 23.1. The molecule has 11 aromatic rings. The molecule has 0 spiro atoms. The van der Waals surface area contributed by atoms with Gasteiger partial charge < -0.3 is 9.80 Å². The predicted octanol–water partition coefficient (Wildman–Crippen LogP) is 11.1. The maximum atomic E-state index is 2.49. The molecule has 0 bridgehead atoms. The zero-order valence-corrected chi connectivity index (χ0v) is 34.3. The molecule has 0 fully saturated rings. The fourth-order valence-electron chi connectivity index (χ4n) is 9.66. The SMILES string of the molecule is c1ccc(N2c3cc4ccsc4cc3B(c3ccc(B4c5cc6sccc6cc5N(c5ccccc5)c5cc6ccsc6cc54)cc3)c3cc4sccc4cc32)cc1. The van der Waals surface area contributed by atoms with Crippen molar-refractivity contribution in [3.63, 3.8) is 0 Å². The Kier molecular flexibility index (Phi) is 7.31. The van der Waals surface area contributed by atoms with Crippen LogP contribution in [0.2, 0.25) is 0 Å². The van der Waals surface area contributed by atoms with Crippen molar-refractivity contribution in [2.75, 3.05) is 9.80 Å². The van der Waals surface area contributed by atoms with Gasteiger partial charge in [0.25, 0.3) is 0 Å². The molecule has 0 saturated heterocycles. The molecule has 13 rings (SSSR count).